The third kappa shape index (κ3) is 3.91. The predicted molar refractivity (Wildman–Crippen MR) is 191 cm³/mol. The third-order valence-electron chi connectivity index (χ3n) is 9.18. The van der Waals surface area contributed by atoms with Crippen LogP contribution >= 0.6 is 0 Å². The number of hydrogen-bond donors (Lipinski definition) is 0. The van der Waals surface area contributed by atoms with Crippen molar-refractivity contribution in [1.82, 2.24) is 9.13 Å². The lowest BCUT2D eigenvalue weighted by molar-refractivity contribution is 1.18. The molecule has 2 heterocycles. The van der Waals surface area contributed by atoms with Crippen LogP contribution in [0.3, 0.4) is 0 Å². The van der Waals surface area contributed by atoms with Gasteiger partial charge in [0.1, 0.15) is 0 Å². The lowest BCUT2D eigenvalue weighted by atomic mass is 9.93. The average Bonchev–Trinajstić information content (AvgIpc) is 3.64. The first-order valence-corrected chi connectivity index (χ1v) is 15.5. The van der Waals surface area contributed by atoms with E-state index in [1.54, 1.807) is 0 Å². The molecule has 7 aromatic carbocycles. The monoisotopic (exact) mass is 585 g/mol. The second-order valence-corrected chi connectivity index (χ2v) is 11.7. The molecule has 214 valence electrons. The molecule has 0 aliphatic carbocycles. The Morgan fingerprint density at radius 3 is 1.52 bits per heavy atom. The largest absolute Gasteiger partial charge is 0.309 e. The summed E-state index contributed by atoms with van der Waals surface area (Å²) in [6.45, 7) is 0. The van der Waals surface area contributed by atoms with Gasteiger partial charge < -0.3 is 9.13 Å². The van der Waals surface area contributed by atoms with Gasteiger partial charge in [0.2, 0.25) is 0 Å². The van der Waals surface area contributed by atoms with E-state index in [1.165, 1.54) is 49.3 Å². The average molecular weight is 586 g/mol. The highest BCUT2D eigenvalue weighted by atomic mass is 15.0. The summed E-state index contributed by atoms with van der Waals surface area (Å²) in [4.78, 5) is 0. The summed E-state index contributed by atoms with van der Waals surface area (Å²) in [6, 6.07) is 60.3. The molecule has 0 saturated carbocycles. The molecule has 2 aromatic heterocycles. The van der Waals surface area contributed by atoms with Crippen LogP contribution in [0.5, 0.6) is 0 Å². The molecule has 0 bridgehead atoms. The topological polar surface area (TPSA) is 33.6 Å². The maximum absolute atomic E-state index is 9.41. The van der Waals surface area contributed by atoms with Crippen LogP contribution in [0.15, 0.2) is 164 Å². The second-order valence-electron chi connectivity index (χ2n) is 11.7. The molecule has 46 heavy (non-hydrogen) atoms. The van der Waals surface area contributed by atoms with Gasteiger partial charge in [0.15, 0.2) is 0 Å². The highest BCUT2D eigenvalue weighted by Gasteiger charge is 2.18. The van der Waals surface area contributed by atoms with Gasteiger partial charge in [0.05, 0.1) is 39.4 Å². The van der Waals surface area contributed by atoms with Crippen LogP contribution in [-0.4, -0.2) is 9.13 Å². The number of fused-ring (bicyclic) bond motifs is 6. The van der Waals surface area contributed by atoms with Crippen LogP contribution in [0, 0.1) is 11.3 Å². The van der Waals surface area contributed by atoms with Gasteiger partial charge in [0, 0.05) is 32.8 Å². The van der Waals surface area contributed by atoms with Crippen LogP contribution in [-0.2, 0) is 0 Å². The molecular weight excluding hydrogens is 558 g/mol. The van der Waals surface area contributed by atoms with E-state index in [2.05, 4.69) is 155 Å². The summed E-state index contributed by atoms with van der Waals surface area (Å²) in [5.41, 5.74) is 12.2. The minimum atomic E-state index is 0.654. The third-order valence-corrected chi connectivity index (χ3v) is 9.18. The van der Waals surface area contributed by atoms with Gasteiger partial charge in [-0.25, -0.2) is 0 Å². The Balaban J connectivity index is 1.28. The maximum atomic E-state index is 9.41. The van der Waals surface area contributed by atoms with Gasteiger partial charge in [-0.2, -0.15) is 5.26 Å². The minimum absolute atomic E-state index is 0.654. The molecule has 0 fully saturated rings. The molecule has 0 aliphatic rings. The van der Waals surface area contributed by atoms with E-state index in [9.17, 15) is 5.26 Å². The van der Waals surface area contributed by atoms with Crippen LogP contribution in [0.1, 0.15) is 5.56 Å². The number of rotatable bonds is 4. The Morgan fingerprint density at radius 1 is 0.391 bits per heavy atom. The van der Waals surface area contributed by atoms with E-state index in [-0.39, 0.29) is 0 Å². The first-order chi connectivity index (χ1) is 22.8. The lowest BCUT2D eigenvalue weighted by Crippen LogP contribution is -1.98. The first-order valence-electron chi connectivity index (χ1n) is 15.5. The van der Waals surface area contributed by atoms with E-state index in [4.69, 9.17) is 0 Å². The van der Waals surface area contributed by atoms with Crippen molar-refractivity contribution in [3.63, 3.8) is 0 Å². The van der Waals surface area contributed by atoms with Gasteiger partial charge in [-0.15, -0.1) is 0 Å². The molecule has 9 rings (SSSR count). The maximum Gasteiger partial charge on any atom is 0.0991 e. The zero-order chi connectivity index (χ0) is 30.6. The van der Waals surface area contributed by atoms with Crippen molar-refractivity contribution in [3.05, 3.63) is 169 Å². The predicted octanol–water partition coefficient (Wildman–Crippen LogP) is 11.1. The van der Waals surface area contributed by atoms with Gasteiger partial charge in [0.25, 0.3) is 0 Å². The van der Waals surface area contributed by atoms with E-state index in [1.807, 2.05) is 24.3 Å². The van der Waals surface area contributed by atoms with Crippen molar-refractivity contribution in [2.24, 2.45) is 0 Å². The minimum Gasteiger partial charge on any atom is -0.309 e. The van der Waals surface area contributed by atoms with Gasteiger partial charge in [-0.05, 0) is 71.3 Å². The summed E-state index contributed by atoms with van der Waals surface area (Å²) in [5, 5.41) is 14.3. The molecule has 0 radical (unpaired) electrons. The number of nitrogens with zero attached hydrogens (tertiary/aromatic N) is 3. The summed E-state index contributed by atoms with van der Waals surface area (Å²) in [6.07, 6.45) is 0. The van der Waals surface area contributed by atoms with Crippen molar-refractivity contribution >= 4 is 43.6 Å². The summed E-state index contributed by atoms with van der Waals surface area (Å²) >= 11 is 0. The van der Waals surface area contributed by atoms with Crippen LogP contribution < -0.4 is 0 Å². The molecule has 0 atom stereocenters. The SMILES string of the molecule is N#Cc1ccc(-n2c3ccccc3c3ccc(-c4ccccc4-c4ccccc4-n4c5ccccc5c5ccccc54)cc32)cc1. The van der Waals surface area contributed by atoms with Gasteiger partial charge >= 0.3 is 0 Å². The Bertz CT molecular complexity index is 2590. The van der Waals surface area contributed by atoms with Crippen LogP contribution in [0.2, 0.25) is 0 Å². The Kier molecular flexibility index (Phi) is 5.88. The molecule has 3 nitrogen and oxygen atoms in total. The summed E-state index contributed by atoms with van der Waals surface area (Å²) in [5.74, 6) is 0. The number of aromatic nitrogens is 2. The smallest absolute Gasteiger partial charge is 0.0991 e. The quantitative estimate of drug-likeness (QED) is 0.202. The molecule has 0 N–H and O–H groups in total. The van der Waals surface area contributed by atoms with Crippen molar-refractivity contribution in [2.75, 3.05) is 0 Å². The highest BCUT2D eigenvalue weighted by molar-refractivity contribution is 6.11. The van der Waals surface area contributed by atoms with E-state index in [0.717, 1.165) is 28.0 Å². The van der Waals surface area contributed by atoms with E-state index < -0.39 is 0 Å². The molecular formula is C43H27N3. The summed E-state index contributed by atoms with van der Waals surface area (Å²) < 4.78 is 4.72. The normalized spacial score (nSPS) is 11.5. The van der Waals surface area contributed by atoms with Crippen molar-refractivity contribution in [1.29, 1.82) is 5.26 Å². The second kappa shape index (κ2) is 10.4. The fourth-order valence-corrected chi connectivity index (χ4v) is 7.15. The number of benzene rings is 7. The zero-order valence-corrected chi connectivity index (χ0v) is 24.9. The number of nitriles is 1. The van der Waals surface area contributed by atoms with Gasteiger partial charge in [-0.1, -0.05) is 109 Å². The Labute approximate surface area is 266 Å². The molecule has 0 spiro atoms. The van der Waals surface area contributed by atoms with Crippen LogP contribution in [0.25, 0.3) is 77.2 Å². The first kappa shape index (κ1) is 26.1. The Morgan fingerprint density at radius 2 is 0.891 bits per heavy atom. The number of para-hydroxylation sites is 4. The van der Waals surface area contributed by atoms with Crippen LogP contribution in [0.4, 0.5) is 0 Å². The van der Waals surface area contributed by atoms with E-state index in [0.29, 0.717) is 5.56 Å². The standard InChI is InChI=1S/C43H27N3/c44-28-29-21-24-31(25-22-29)45-39-17-7-4-16-37(39)38-26-23-30(27-43(38)45)32-11-1-2-12-33(32)34-13-3-8-18-40(34)46-41-19-9-5-14-35(41)36-15-6-10-20-42(36)46/h1-27H. The molecule has 0 amide bonds. The molecule has 0 aliphatic heterocycles. The highest BCUT2D eigenvalue weighted by Crippen LogP contribution is 2.41. The summed E-state index contributed by atoms with van der Waals surface area (Å²) in [7, 11) is 0. The van der Waals surface area contributed by atoms with Crippen molar-refractivity contribution in [2.45, 2.75) is 0 Å². The fraction of sp³-hybridized carbons (Fsp3) is 0. The van der Waals surface area contributed by atoms with Gasteiger partial charge in [-0.3, -0.25) is 0 Å². The fourth-order valence-electron chi connectivity index (χ4n) is 7.15. The lowest BCUT2D eigenvalue weighted by Gasteiger charge is -2.17. The van der Waals surface area contributed by atoms with E-state index >= 15 is 0 Å². The molecule has 0 saturated heterocycles. The zero-order valence-electron chi connectivity index (χ0n) is 24.9. The number of hydrogen-bond acceptors (Lipinski definition) is 1. The van der Waals surface area contributed by atoms with Crippen molar-refractivity contribution < 1.29 is 0 Å². The Hall–Kier alpha value is -6.37. The molecule has 3 heteroatoms. The molecule has 9 aromatic rings. The molecule has 0 unspecified atom stereocenters. The van der Waals surface area contributed by atoms with Crippen molar-refractivity contribution in [3.8, 4) is 39.7 Å².